The second-order valence-electron chi connectivity index (χ2n) is 0.848. The summed E-state index contributed by atoms with van der Waals surface area (Å²) < 4.78 is 26.2. The molecule has 0 aromatic rings. The molecule has 0 aromatic heterocycles. The minimum atomic E-state index is -3.13. The summed E-state index contributed by atoms with van der Waals surface area (Å²) in [5, 5.41) is 0. The van der Waals surface area contributed by atoms with Crippen molar-refractivity contribution in [2.75, 3.05) is 0 Å². The van der Waals surface area contributed by atoms with Crippen molar-refractivity contribution in [3.8, 4) is 0 Å². The number of rotatable bonds is 0. The van der Waals surface area contributed by atoms with Crippen molar-refractivity contribution in [1.82, 2.24) is 0 Å². The zero-order valence-electron chi connectivity index (χ0n) is 5.41. The van der Waals surface area contributed by atoms with E-state index in [1.807, 2.05) is 0 Å². The predicted octanol–water partition coefficient (Wildman–Crippen LogP) is -4.84. The van der Waals surface area contributed by atoms with Gasteiger partial charge in [-0.2, -0.15) is 0 Å². The minimum Gasteiger partial charge on any atom is -0.511 e. The highest BCUT2D eigenvalue weighted by atomic mass is 28.3. The molecule has 0 aliphatic heterocycles. The van der Waals surface area contributed by atoms with Gasteiger partial charge in [0.05, 0.1) is 0 Å². The van der Waals surface area contributed by atoms with Crippen LogP contribution in [0.1, 0.15) is 0 Å². The maximum Gasteiger partial charge on any atom is 0.761 e. The molecule has 0 bridgehead atoms. The lowest BCUT2D eigenvalue weighted by Crippen LogP contribution is -1.90. The van der Waals surface area contributed by atoms with Crippen LogP contribution < -0.4 is 0 Å². The minimum absolute atomic E-state index is 3.13. The fraction of sp³-hybridized carbons (Fsp3) is 0. The zero-order chi connectivity index (χ0) is 10.7. The summed E-state index contributed by atoms with van der Waals surface area (Å²) in [7, 11) is -9.39. The Morgan fingerprint density at radius 3 is 0.500 bits per heavy atom. The maximum absolute atomic E-state index is 8.74. The fourth-order valence-corrected chi connectivity index (χ4v) is 0. The third-order valence-electron chi connectivity index (χ3n) is 0. The predicted molar refractivity (Wildman–Crippen MR) is 32.6 cm³/mol. The van der Waals surface area contributed by atoms with Gasteiger partial charge in [0.25, 0.3) is 0 Å². The number of hydrogen-bond acceptors (Lipinski definition) is 3. The first-order valence-corrected chi connectivity index (χ1v) is 5.86. The summed E-state index contributed by atoms with van der Waals surface area (Å²) >= 11 is 0. The van der Waals surface area contributed by atoms with Crippen LogP contribution in [0.2, 0.25) is 0 Å². The van der Waals surface area contributed by atoms with E-state index in [1.54, 1.807) is 0 Å². The van der Waals surface area contributed by atoms with Crippen molar-refractivity contribution in [1.29, 1.82) is 0 Å². The van der Waals surface area contributed by atoms with Crippen molar-refractivity contribution in [3.63, 3.8) is 0 Å². The van der Waals surface area contributed by atoms with Crippen LogP contribution in [0.15, 0.2) is 0 Å². The average Bonchev–Trinajstić information content (AvgIpc) is 1.54. The molecule has 0 saturated heterocycles. The highest BCUT2D eigenvalue weighted by molar-refractivity contribution is 6.22. The van der Waals surface area contributed by atoms with Gasteiger partial charge >= 0.3 is 27.5 Å². The molecule has 0 radical (unpaired) electrons. The van der Waals surface area contributed by atoms with Crippen LogP contribution >= 0.6 is 0 Å². The normalized spacial score (nSPS) is 6.00. The SMILES string of the molecule is O=[Si](O)O.O=[Si](O)O.O=[Si](O)O. The molecule has 0 atom stereocenters. The summed E-state index contributed by atoms with van der Waals surface area (Å²) in [4.78, 5) is 42.9. The Labute approximate surface area is 70.5 Å². The van der Waals surface area contributed by atoms with Gasteiger partial charge in [0.15, 0.2) is 0 Å². The quantitative estimate of drug-likeness (QED) is 0.225. The molecule has 0 amide bonds. The molecule has 72 valence electrons. The van der Waals surface area contributed by atoms with E-state index in [-0.39, 0.29) is 0 Å². The molecule has 9 nitrogen and oxygen atoms in total. The third-order valence-corrected chi connectivity index (χ3v) is 0. The standard InChI is InChI=1S/3H2O3Si/c3*1-4(2)3/h3*1-2H. The molecule has 0 aliphatic rings. The molecule has 0 aromatic carbocycles. The van der Waals surface area contributed by atoms with E-state index in [4.69, 9.17) is 42.2 Å². The third kappa shape index (κ3) is 413. The van der Waals surface area contributed by atoms with E-state index >= 15 is 0 Å². The smallest absolute Gasteiger partial charge is 0.511 e. The van der Waals surface area contributed by atoms with E-state index in [2.05, 4.69) is 0 Å². The second kappa shape index (κ2) is 12.5. The van der Waals surface area contributed by atoms with E-state index < -0.39 is 27.5 Å². The van der Waals surface area contributed by atoms with Gasteiger partial charge in [0.2, 0.25) is 0 Å². The molecule has 12 heavy (non-hydrogen) atoms. The molecular weight excluding hydrogens is 228 g/mol. The summed E-state index contributed by atoms with van der Waals surface area (Å²) in [6, 6.07) is 0. The molecule has 0 aliphatic carbocycles. The Morgan fingerprint density at radius 2 is 0.500 bits per heavy atom. The van der Waals surface area contributed by atoms with Crippen molar-refractivity contribution >= 4 is 27.5 Å². The molecule has 0 heterocycles. The van der Waals surface area contributed by atoms with Gasteiger partial charge in [-0.05, 0) is 0 Å². The fourth-order valence-electron chi connectivity index (χ4n) is 0. The molecule has 6 N–H and O–H groups in total. The van der Waals surface area contributed by atoms with Crippen molar-refractivity contribution in [2.45, 2.75) is 0 Å². The summed E-state index contributed by atoms with van der Waals surface area (Å²) in [5.41, 5.74) is 0. The van der Waals surface area contributed by atoms with Crippen LogP contribution in [0, 0.1) is 0 Å². The van der Waals surface area contributed by atoms with Gasteiger partial charge in [-0.1, -0.05) is 0 Å². The summed E-state index contributed by atoms with van der Waals surface area (Å²) in [6.07, 6.45) is 0. The Balaban J connectivity index is -0.000000101. The lowest BCUT2D eigenvalue weighted by Gasteiger charge is -1.55. The topological polar surface area (TPSA) is 173 Å². The van der Waals surface area contributed by atoms with Crippen LogP contribution in [-0.4, -0.2) is 56.3 Å². The molecule has 0 saturated carbocycles. The van der Waals surface area contributed by atoms with Crippen LogP contribution in [0.3, 0.4) is 0 Å². The monoisotopic (exact) mass is 234 g/mol. The molecule has 12 heteroatoms. The van der Waals surface area contributed by atoms with E-state index in [1.165, 1.54) is 0 Å². The highest BCUT2D eigenvalue weighted by Gasteiger charge is 1.85. The van der Waals surface area contributed by atoms with Gasteiger partial charge < -0.3 is 28.8 Å². The zero-order valence-corrected chi connectivity index (χ0v) is 8.41. The molecule has 0 fully saturated rings. The molecule has 0 rings (SSSR count). The van der Waals surface area contributed by atoms with Crippen molar-refractivity contribution in [3.05, 3.63) is 0 Å². The summed E-state index contributed by atoms with van der Waals surface area (Å²) in [5.74, 6) is 0. The van der Waals surface area contributed by atoms with Crippen LogP contribution in [-0.2, 0) is 13.4 Å². The average molecular weight is 234 g/mol. The molecular formula is H6O9Si3. The van der Waals surface area contributed by atoms with Gasteiger partial charge in [-0.15, -0.1) is 0 Å². The van der Waals surface area contributed by atoms with Gasteiger partial charge in [0, 0.05) is 0 Å². The van der Waals surface area contributed by atoms with Crippen LogP contribution in [0.5, 0.6) is 0 Å². The van der Waals surface area contributed by atoms with Crippen molar-refractivity contribution in [2.24, 2.45) is 0 Å². The van der Waals surface area contributed by atoms with E-state index in [9.17, 15) is 0 Å². The van der Waals surface area contributed by atoms with Gasteiger partial charge in [0.1, 0.15) is 0 Å². The van der Waals surface area contributed by atoms with Crippen LogP contribution in [0.4, 0.5) is 0 Å². The molecule has 0 unspecified atom stereocenters. The Bertz CT molecular complexity index is 107. The highest BCUT2D eigenvalue weighted by Crippen LogP contribution is 1.27. The first-order valence-electron chi connectivity index (χ1n) is 1.95. The first kappa shape index (κ1) is 17.1. The van der Waals surface area contributed by atoms with Crippen molar-refractivity contribution < 1.29 is 42.2 Å². The lowest BCUT2D eigenvalue weighted by atomic mass is 15.8. The maximum atomic E-state index is 8.74. The Kier molecular flexibility index (Phi) is 17.8. The Morgan fingerprint density at radius 1 is 0.500 bits per heavy atom. The van der Waals surface area contributed by atoms with Gasteiger partial charge in [-0.3, -0.25) is 13.4 Å². The Hall–Kier alpha value is -1.15. The second-order valence-corrected chi connectivity index (χ2v) is 2.54. The van der Waals surface area contributed by atoms with E-state index in [0.717, 1.165) is 0 Å². The largest absolute Gasteiger partial charge is 0.761 e. The lowest BCUT2D eigenvalue weighted by molar-refractivity contribution is 0.328. The number of hydrogen-bond donors (Lipinski definition) is 6. The van der Waals surface area contributed by atoms with Crippen LogP contribution in [0.25, 0.3) is 0 Å². The summed E-state index contributed by atoms with van der Waals surface area (Å²) in [6.45, 7) is 0. The van der Waals surface area contributed by atoms with Gasteiger partial charge in [-0.25, -0.2) is 0 Å². The first-order chi connectivity index (χ1) is 5.20. The molecule has 0 spiro atoms. The van der Waals surface area contributed by atoms with E-state index in [0.29, 0.717) is 0 Å².